The van der Waals surface area contributed by atoms with Gasteiger partial charge in [-0.05, 0) is 30.7 Å². The van der Waals surface area contributed by atoms with Gasteiger partial charge in [0.25, 0.3) is 5.91 Å². The summed E-state index contributed by atoms with van der Waals surface area (Å²) >= 11 is 6.06. The molecule has 0 bridgehead atoms. The third kappa shape index (κ3) is 4.35. The number of nitrogens with one attached hydrogen (secondary N) is 1. The van der Waals surface area contributed by atoms with Gasteiger partial charge in [-0.3, -0.25) is 9.59 Å². The van der Waals surface area contributed by atoms with Crippen molar-refractivity contribution >= 4 is 29.0 Å². The Morgan fingerprint density at radius 3 is 2.38 bits per heavy atom. The number of aromatic nitrogens is 1. The fourth-order valence-electron chi connectivity index (χ4n) is 2.55. The highest BCUT2D eigenvalue weighted by molar-refractivity contribution is 6.31. The van der Waals surface area contributed by atoms with E-state index in [0.717, 1.165) is 5.56 Å². The summed E-state index contributed by atoms with van der Waals surface area (Å²) in [6.45, 7) is 2.14. The van der Waals surface area contributed by atoms with Crippen LogP contribution in [0.4, 0.5) is 5.69 Å². The predicted molar refractivity (Wildman–Crippen MR) is 101 cm³/mol. The van der Waals surface area contributed by atoms with Crippen molar-refractivity contribution < 1.29 is 14.2 Å². The molecule has 130 valence electrons. The minimum absolute atomic E-state index is 0.155. The van der Waals surface area contributed by atoms with Crippen LogP contribution in [0, 0.1) is 6.92 Å². The summed E-state index contributed by atoms with van der Waals surface area (Å²) in [6.07, 6.45) is 3.68. The van der Waals surface area contributed by atoms with E-state index in [1.165, 1.54) is 0 Å². The first-order chi connectivity index (χ1) is 12.5. The van der Waals surface area contributed by atoms with Gasteiger partial charge in [0.1, 0.15) is 0 Å². The molecule has 26 heavy (non-hydrogen) atoms. The molecule has 1 heterocycles. The summed E-state index contributed by atoms with van der Waals surface area (Å²) < 4.78 is 1.77. The SMILES string of the molecule is Cc1cc[n+](CC(=O)Nc2ccc(Cl)cc2C(=O)c2ccccc2)cc1. The summed E-state index contributed by atoms with van der Waals surface area (Å²) in [5.74, 6) is -0.408. The molecule has 0 saturated heterocycles. The third-order valence-electron chi connectivity index (χ3n) is 3.92. The molecule has 0 radical (unpaired) electrons. The molecule has 0 atom stereocenters. The van der Waals surface area contributed by atoms with E-state index in [-0.39, 0.29) is 18.2 Å². The van der Waals surface area contributed by atoms with E-state index in [4.69, 9.17) is 11.6 Å². The molecule has 5 heteroatoms. The van der Waals surface area contributed by atoms with Crippen LogP contribution in [-0.2, 0) is 11.3 Å². The number of pyridine rings is 1. The summed E-state index contributed by atoms with van der Waals surface area (Å²) in [5.41, 5.74) is 2.47. The van der Waals surface area contributed by atoms with Gasteiger partial charge in [-0.1, -0.05) is 41.9 Å². The van der Waals surface area contributed by atoms with Gasteiger partial charge in [-0.25, -0.2) is 0 Å². The average Bonchev–Trinajstić information content (AvgIpc) is 2.65. The van der Waals surface area contributed by atoms with E-state index < -0.39 is 0 Å². The van der Waals surface area contributed by atoms with Crippen molar-refractivity contribution in [1.82, 2.24) is 0 Å². The molecule has 1 N–H and O–H groups in total. The normalized spacial score (nSPS) is 10.4. The van der Waals surface area contributed by atoms with Gasteiger partial charge in [0, 0.05) is 28.3 Å². The molecule has 0 aliphatic rings. The molecule has 0 aliphatic carbocycles. The lowest BCUT2D eigenvalue weighted by molar-refractivity contribution is -0.684. The van der Waals surface area contributed by atoms with Crippen molar-refractivity contribution in [3.05, 3.63) is 94.8 Å². The second-order valence-electron chi connectivity index (χ2n) is 5.98. The Morgan fingerprint density at radius 1 is 1.00 bits per heavy atom. The first-order valence-electron chi connectivity index (χ1n) is 8.18. The largest absolute Gasteiger partial charge is 0.320 e. The molecule has 0 spiro atoms. The summed E-state index contributed by atoms with van der Waals surface area (Å²) in [4.78, 5) is 25.2. The molecule has 0 aliphatic heterocycles. The molecule has 2 aromatic carbocycles. The van der Waals surface area contributed by atoms with Crippen LogP contribution in [0.2, 0.25) is 5.02 Å². The van der Waals surface area contributed by atoms with Crippen molar-refractivity contribution in [2.75, 3.05) is 5.32 Å². The maximum atomic E-state index is 12.8. The quantitative estimate of drug-likeness (QED) is 0.552. The number of rotatable bonds is 5. The number of ketones is 1. The van der Waals surface area contributed by atoms with Crippen LogP contribution >= 0.6 is 11.6 Å². The highest BCUT2D eigenvalue weighted by Crippen LogP contribution is 2.23. The highest BCUT2D eigenvalue weighted by Gasteiger charge is 2.17. The Balaban J connectivity index is 1.82. The lowest BCUT2D eigenvalue weighted by Crippen LogP contribution is -2.39. The highest BCUT2D eigenvalue weighted by atomic mass is 35.5. The predicted octanol–water partition coefficient (Wildman–Crippen LogP) is 3.81. The summed E-state index contributed by atoms with van der Waals surface area (Å²) in [5, 5.41) is 3.25. The zero-order valence-corrected chi connectivity index (χ0v) is 15.0. The molecule has 3 aromatic rings. The molecule has 1 amide bonds. The van der Waals surface area contributed by atoms with Gasteiger partial charge in [0.05, 0.1) is 5.69 Å². The number of anilines is 1. The third-order valence-corrected chi connectivity index (χ3v) is 4.16. The van der Waals surface area contributed by atoms with Gasteiger partial charge >= 0.3 is 0 Å². The topological polar surface area (TPSA) is 50.0 Å². The molecule has 0 saturated carbocycles. The van der Waals surface area contributed by atoms with Gasteiger partial charge in [0.15, 0.2) is 18.2 Å². The Labute approximate surface area is 157 Å². The fourth-order valence-corrected chi connectivity index (χ4v) is 2.72. The first-order valence-corrected chi connectivity index (χ1v) is 8.55. The number of aryl methyl sites for hydroxylation is 1. The van der Waals surface area contributed by atoms with Crippen LogP contribution in [0.3, 0.4) is 0 Å². The van der Waals surface area contributed by atoms with Crippen LogP contribution in [0.25, 0.3) is 0 Å². The average molecular weight is 366 g/mol. The van der Waals surface area contributed by atoms with E-state index >= 15 is 0 Å². The maximum Gasteiger partial charge on any atom is 0.290 e. The summed E-state index contributed by atoms with van der Waals surface area (Å²) in [6, 6.07) is 17.6. The molecule has 0 unspecified atom stereocenters. The number of nitrogens with zero attached hydrogens (tertiary/aromatic N) is 1. The minimum atomic E-state index is -0.219. The molecule has 1 aromatic heterocycles. The van der Waals surface area contributed by atoms with Crippen LogP contribution in [0.15, 0.2) is 73.1 Å². The van der Waals surface area contributed by atoms with Crippen molar-refractivity contribution in [1.29, 1.82) is 0 Å². The maximum absolute atomic E-state index is 12.8. The van der Waals surface area contributed by atoms with Crippen LogP contribution in [0.1, 0.15) is 21.5 Å². The van der Waals surface area contributed by atoms with Crippen molar-refractivity contribution in [3.63, 3.8) is 0 Å². The smallest absolute Gasteiger partial charge is 0.290 e. The number of halogens is 1. The minimum Gasteiger partial charge on any atom is -0.320 e. The van der Waals surface area contributed by atoms with Gasteiger partial charge in [0.2, 0.25) is 6.54 Å². The zero-order chi connectivity index (χ0) is 18.5. The number of amides is 1. The number of carbonyl (C=O) groups is 2. The Hall–Kier alpha value is -2.98. The van der Waals surface area contributed by atoms with Gasteiger partial charge in [-0.15, -0.1) is 0 Å². The molecule has 3 rings (SSSR count). The van der Waals surface area contributed by atoms with E-state index in [2.05, 4.69) is 5.32 Å². The van der Waals surface area contributed by atoms with E-state index in [1.807, 2.05) is 37.5 Å². The lowest BCUT2D eigenvalue weighted by atomic mass is 10.0. The van der Waals surface area contributed by atoms with Crippen molar-refractivity contribution in [3.8, 4) is 0 Å². The monoisotopic (exact) mass is 365 g/mol. The van der Waals surface area contributed by atoms with Crippen LogP contribution in [-0.4, -0.2) is 11.7 Å². The van der Waals surface area contributed by atoms with Gasteiger partial charge < -0.3 is 5.32 Å². The van der Waals surface area contributed by atoms with Crippen molar-refractivity contribution in [2.24, 2.45) is 0 Å². The van der Waals surface area contributed by atoms with Crippen LogP contribution < -0.4 is 9.88 Å². The zero-order valence-electron chi connectivity index (χ0n) is 14.3. The molecular formula is C21H18ClN2O2+. The van der Waals surface area contributed by atoms with Gasteiger partial charge in [-0.2, -0.15) is 4.57 Å². The van der Waals surface area contributed by atoms with Crippen molar-refractivity contribution in [2.45, 2.75) is 13.5 Å². The number of hydrogen-bond acceptors (Lipinski definition) is 2. The number of hydrogen-bond donors (Lipinski definition) is 1. The Bertz CT molecular complexity index is 938. The standard InChI is InChI=1S/C21H17ClN2O2/c1-15-9-11-24(12-10-15)14-20(25)23-19-8-7-17(22)13-18(19)21(26)16-5-3-2-4-6-16/h2-13H,14H2,1H3/p+1. The summed E-state index contributed by atoms with van der Waals surface area (Å²) in [7, 11) is 0. The Kier molecular flexibility index (Phi) is 5.44. The number of carbonyl (C=O) groups excluding carboxylic acids is 2. The fraction of sp³-hybridized carbons (Fsp3) is 0.0952. The van der Waals surface area contributed by atoms with Crippen LogP contribution in [0.5, 0.6) is 0 Å². The van der Waals surface area contributed by atoms with E-state index in [1.54, 1.807) is 47.0 Å². The second-order valence-corrected chi connectivity index (χ2v) is 6.42. The Morgan fingerprint density at radius 2 is 1.69 bits per heavy atom. The molecule has 4 nitrogen and oxygen atoms in total. The van der Waals surface area contributed by atoms with E-state index in [9.17, 15) is 9.59 Å². The molecule has 0 fully saturated rings. The number of benzene rings is 2. The lowest BCUT2D eigenvalue weighted by Gasteiger charge is -2.10. The first kappa shape index (κ1) is 17.8. The molecular weight excluding hydrogens is 348 g/mol. The second kappa shape index (κ2) is 7.93. The van der Waals surface area contributed by atoms with E-state index in [0.29, 0.717) is 21.8 Å².